The molecule has 0 saturated carbocycles. The van der Waals surface area contributed by atoms with Gasteiger partial charge < -0.3 is 14.5 Å². The van der Waals surface area contributed by atoms with Crippen LogP contribution in [0.5, 0.6) is 5.88 Å². The predicted octanol–water partition coefficient (Wildman–Crippen LogP) is 2.39. The first-order valence-electron chi connectivity index (χ1n) is 5.51. The summed E-state index contributed by atoms with van der Waals surface area (Å²) in [5.74, 6) is 1.16. The Labute approximate surface area is 99.8 Å². The molecule has 0 bridgehead atoms. The lowest BCUT2D eigenvalue weighted by Crippen LogP contribution is -2.05. The third-order valence-corrected chi connectivity index (χ3v) is 2.15. The van der Waals surface area contributed by atoms with Crippen LogP contribution in [0, 0.1) is 6.92 Å². The average molecular weight is 233 g/mol. The van der Waals surface area contributed by atoms with Crippen LogP contribution in [0.15, 0.2) is 29.1 Å². The fourth-order valence-corrected chi connectivity index (χ4v) is 1.41. The van der Waals surface area contributed by atoms with Gasteiger partial charge in [0.15, 0.2) is 0 Å². The lowest BCUT2D eigenvalue weighted by atomic mass is 10.3. The first kappa shape index (κ1) is 11.4. The van der Waals surface area contributed by atoms with Crippen molar-refractivity contribution in [2.24, 2.45) is 0 Å². The molecule has 2 aromatic heterocycles. The van der Waals surface area contributed by atoms with Gasteiger partial charge in [0, 0.05) is 23.9 Å². The zero-order chi connectivity index (χ0) is 12.1. The summed E-state index contributed by atoms with van der Waals surface area (Å²) in [5.41, 5.74) is 1.92. The highest BCUT2D eigenvalue weighted by Gasteiger charge is 2.03. The topological polar surface area (TPSA) is 60.2 Å². The number of ether oxygens (including phenoxy) is 1. The van der Waals surface area contributed by atoms with Gasteiger partial charge in [0.1, 0.15) is 0 Å². The Kier molecular flexibility index (Phi) is 3.59. The summed E-state index contributed by atoms with van der Waals surface area (Å²) in [7, 11) is 0. The molecule has 0 aliphatic heterocycles. The fourth-order valence-electron chi connectivity index (χ4n) is 1.41. The molecule has 0 amide bonds. The molecule has 0 aliphatic carbocycles. The average Bonchev–Trinajstić information content (AvgIpc) is 2.79. The number of nitrogens with zero attached hydrogens (tertiary/aromatic N) is 2. The molecule has 5 nitrogen and oxygen atoms in total. The van der Waals surface area contributed by atoms with Crippen molar-refractivity contribution < 1.29 is 9.15 Å². The molecule has 2 rings (SSSR count). The zero-order valence-electron chi connectivity index (χ0n) is 9.93. The van der Waals surface area contributed by atoms with Crippen molar-refractivity contribution in [3.8, 4) is 5.88 Å². The lowest BCUT2D eigenvalue weighted by molar-refractivity contribution is 0.326. The molecule has 0 saturated heterocycles. The molecule has 17 heavy (non-hydrogen) atoms. The van der Waals surface area contributed by atoms with Crippen molar-refractivity contribution >= 4 is 5.95 Å². The van der Waals surface area contributed by atoms with Gasteiger partial charge in [0.2, 0.25) is 11.8 Å². The van der Waals surface area contributed by atoms with Crippen molar-refractivity contribution in [3.63, 3.8) is 0 Å². The fraction of sp³-hybridized carbons (Fsp3) is 0.333. The Morgan fingerprint density at radius 2 is 2.29 bits per heavy atom. The quantitative estimate of drug-likeness (QED) is 0.859. The van der Waals surface area contributed by atoms with E-state index < -0.39 is 0 Å². The number of aromatic nitrogens is 2. The van der Waals surface area contributed by atoms with Crippen LogP contribution < -0.4 is 10.1 Å². The maximum atomic E-state index is 5.35. The van der Waals surface area contributed by atoms with E-state index in [0.29, 0.717) is 25.0 Å². The molecule has 2 aromatic rings. The SMILES string of the molecule is CCOc1cc(C)nc(NCc2ccoc2)n1. The van der Waals surface area contributed by atoms with E-state index in [-0.39, 0.29) is 0 Å². The largest absolute Gasteiger partial charge is 0.478 e. The summed E-state index contributed by atoms with van der Waals surface area (Å²) in [6, 6.07) is 3.71. The van der Waals surface area contributed by atoms with E-state index in [1.165, 1.54) is 0 Å². The Balaban J connectivity index is 2.04. The number of furan rings is 1. The van der Waals surface area contributed by atoms with Crippen molar-refractivity contribution in [1.29, 1.82) is 0 Å². The minimum absolute atomic E-state index is 0.564. The standard InChI is InChI=1S/C12H15N3O2/c1-3-17-11-6-9(2)14-12(15-11)13-7-10-4-5-16-8-10/h4-6,8H,3,7H2,1-2H3,(H,13,14,15). The van der Waals surface area contributed by atoms with E-state index >= 15 is 0 Å². The molecule has 0 atom stereocenters. The van der Waals surface area contributed by atoms with Crippen LogP contribution in [-0.2, 0) is 6.54 Å². The molecule has 0 aromatic carbocycles. The summed E-state index contributed by atoms with van der Waals surface area (Å²) in [6.45, 7) is 5.06. The van der Waals surface area contributed by atoms with Gasteiger partial charge in [-0.3, -0.25) is 0 Å². The van der Waals surface area contributed by atoms with Crippen LogP contribution in [0.25, 0.3) is 0 Å². The van der Waals surface area contributed by atoms with Crippen molar-refractivity contribution in [2.45, 2.75) is 20.4 Å². The highest BCUT2D eigenvalue weighted by atomic mass is 16.5. The summed E-state index contributed by atoms with van der Waals surface area (Å²) in [4.78, 5) is 8.53. The molecule has 0 spiro atoms. The maximum absolute atomic E-state index is 5.35. The van der Waals surface area contributed by atoms with Crippen LogP contribution in [0.3, 0.4) is 0 Å². The second-order valence-corrected chi connectivity index (χ2v) is 3.59. The number of aryl methyl sites for hydroxylation is 1. The van der Waals surface area contributed by atoms with Crippen LogP contribution in [-0.4, -0.2) is 16.6 Å². The summed E-state index contributed by atoms with van der Waals surface area (Å²) in [5, 5.41) is 3.12. The Morgan fingerprint density at radius 1 is 1.41 bits per heavy atom. The molecule has 5 heteroatoms. The van der Waals surface area contributed by atoms with Gasteiger partial charge in [-0.25, -0.2) is 4.98 Å². The van der Waals surface area contributed by atoms with E-state index in [1.54, 1.807) is 12.5 Å². The van der Waals surface area contributed by atoms with E-state index in [9.17, 15) is 0 Å². The molecule has 0 unspecified atom stereocenters. The number of hydrogen-bond acceptors (Lipinski definition) is 5. The van der Waals surface area contributed by atoms with Crippen LogP contribution in [0.1, 0.15) is 18.2 Å². The van der Waals surface area contributed by atoms with Gasteiger partial charge >= 0.3 is 0 Å². The Morgan fingerprint density at radius 3 is 3.00 bits per heavy atom. The van der Waals surface area contributed by atoms with E-state index in [1.807, 2.05) is 26.0 Å². The van der Waals surface area contributed by atoms with Gasteiger partial charge in [-0.2, -0.15) is 4.98 Å². The van der Waals surface area contributed by atoms with E-state index in [2.05, 4.69) is 15.3 Å². The smallest absolute Gasteiger partial charge is 0.226 e. The second-order valence-electron chi connectivity index (χ2n) is 3.59. The van der Waals surface area contributed by atoms with Gasteiger partial charge in [-0.1, -0.05) is 0 Å². The molecule has 1 N–H and O–H groups in total. The predicted molar refractivity (Wildman–Crippen MR) is 64.0 cm³/mol. The van der Waals surface area contributed by atoms with Gasteiger partial charge in [-0.15, -0.1) is 0 Å². The van der Waals surface area contributed by atoms with Crippen molar-refractivity contribution in [1.82, 2.24) is 9.97 Å². The summed E-state index contributed by atoms with van der Waals surface area (Å²) >= 11 is 0. The zero-order valence-corrected chi connectivity index (χ0v) is 9.93. The normalized spacial score (nSPS) is 10.2. The van der Waals surface area contributed by atoms with Gasteiger partial charge in [-0.05, 0) is 19.9 Å². The van der Waals surface area contributed by atoms with Crippen molar-refractivity contribution in [3.05, 3.63) is 35.9 Å². The summed E-state index contributed by atoms with van der Waals surface area (Å²) < 4.78 is 10.3. The van der Waals surface area contributed by atoms with Gasteiger partial charge in [0.25, 0.3) is 0 Å². The third kappa shape index (κ3) is 3.21. The second kappa shape index (κ2) is 5.34. The number of anilines is 1. The molecule has 0 radical (unpaired) electrons. The first-order valence-corrected chi connectivity index (χ1v) is 5.51. The first-order chi connectivity index (χ1) is 8.28. The Bertz CT molecular complexity index is 469. The van der Waals surface area contributed by atoms with Crippen LogP contribution in [0.2, 0.25) is 0 Å². The van der Waals surface area contributed by atoms with Crippen molar-refractivity contribution in [2.75, 3.05) is 11.9 Å². The third-order valence-electron chi connectivity index (χ3n) is 2.15. The maximum Gasteiger partial charge on any atom is 0.226 e. The highest BCUT2D eigenvalue weighted by Crippen LogP contribution is 2.12. The minimum Gasteiger partial charge on any atom is -0.478 e. The van der Waals surface area contributed by atoms with Crippen LogP contribution in [0.4, 0.5) is 5.95 Å². The van der Waals surface area contributed by atoms with E-state index in [4.69, 9.17) is 9.15 Å². The summed E-state index contributed by atoms with van der Waals surface area (Å²) in [6.07, 6.45) is 3.33. The van der Waals surface area contributed by atoms with Crippen LogP contribution >= 0.6 is 0 Å². The molecule has 0 fully saturated rings. The number of nitrogens with one attached hydrogen (secondary N) is 1. The molecule has 90 valence electrons. The molecule has 2 heterocycles. The monoisotopic (exact) mass is 233 g/mol. The number of rotatable bonds is 5. The molecule has 0 aliphatic rings. The lowest BCUT2D eigenvalue weighted by Gasteiger charge is -2.07. The van der Waals surface area contributed by atoms with Gasteiger partial charge in [0.05, 0.1) is 19.1 Å². The van der Waals surface area contributed by atoms with E-state index in [0.717, 1.165) is 11.3 Å². The Hall–Kier alpha value is -2.04. The number of hydrogen-bond donors (Lipinski definition) is 1. The highest BCUT2D eigenvalue weighted by molar-refractivity contribution is 5.31. The minimum atomic E-state index is 0.564. The molecular formula is C12H15N3O2. The molecular weight excluding hydrogens is 218 g/mol.